The van der Waals surface area contributed by atoms with Gasteiger partial charge in [0, 0.05) is 11.9 Å². The standard InChI is InChI=1S/C21H15F3N2O2S/c22-21(23,24)15-12-29-19-17(15)20(28)26(11-10-13-6-2-1-3-7-13)18(25-19)14-8-4-5-9-16(14)27/h1-9,12,27H,10-11H2. The highest BCUT2D eigenvalue weighted by Crippen LogP contribution is 2.37. The largest absolute Gasteiger partial charge is 0.507 e. The molecule has 2 heterocycles. The van der Waals surface area contributed by atoms with Crippen molar-refractivity contribution in [3.05, 3.63) is 81.5 Å². The third kappa shape index (κ3) is 3.63. The van der Waals surface area contributed by atoms with Gasteiger partial charge in [-0.15, -0.1) is 11.3 Å². The van der Waals surface area contributed by atoms with Crippen LogP contribution in [0.1, 0.15) is 11.1 Å². The molecule has 0 bridgehead atoms. The molecule has 0 aliphatic carbocycles. The third-order valence-corrected chi connectivity index (χ3v) is 5.48. The number of aryl methyl sites for hydroxylation is 1. The monoisotopic (exact) mass is 416 g/mol. The maximum absolute atomic E-state index is 13.4. The topological polar surface area (TPSA) is 55.1 Å². The molecule has 0 saturated heterocycles. The van der Waals surface area contributed by atoms with Crippen LogP contribution in [-0.2, 0) is 19.1 Å². The second kappa shape index (κ2) is 7.36. The first-order chi connectivity index (χ1) is 13.9. The van der Waals surface area contributed by atoms with E-state index in [1.807, 2.05) is 30.3 Å². The Morgan fingerprint density at radius 1 is 1.03 bits per heavy atom. The van der Waals surface area contributed by atoms with Crippen molar-refractivity contribution in [2.45, 2.75) is 19.1 Å². The number of fused-ring (bicyclic) bond motifs is 1. The van der Waals surface area contributed by atoms with Gasteiger partial charge in [-0.05, 0) is 24.1 Å². The Hall–Kier alpha value is -3.13. The number of aromatic nitrogens is 2. The number of alkyl halides is 3. The molecule has 0 radical (unpaired) electrons. The summed E-state index contributed by atoms with van der Waals surface area (Å²) in [6, 6.07) is 15.6. The van der Waals surface area contributed by atoms with Crippen LogP contribution in [0.3, 0.4) is 0 Å². The van der Waals surface area contributed by atoms with Gasteiger partial charge >= 0.3 is 6.18 Å². The number of rotatable bonds is 4. The molecule has 1 N–H and O–H groups in total. The summed E-state index contributed by atoms with van der Waals surface area (Å²) in [6.45, 7) is 0.128. The van der Waals surface area contributed by atoms with E-state index in [4.69, 9.17) is 0 Å². The van der Waals surface area contributed by atoms with Crippen LogP contribution in [-0.4, -0.2) is 14.7 Å². The summed E-state index contributed by atoms with van der Waals surface area (Å²) in [6.07, 6.45) is -4.22. The van der Waals surface area contributed by atoms with E-state index in [1.54, 1.807) is 18.2 Å². The van der Waals surface area contributed by atoms with E-state index in [0.29, 0.717) is 12.0 Å². The number of aromatic hydroxyl groups is 1. The summed E-state index contributed by atoms with van der Waals surface area (Å²) in [5.41, 5.74) is -0.518. The Bertz CT molecular complexity index is 1230. The van der Waals surface area contributed by atoms with Crippen LogP contribution in [0.15, 0.2) is 64.8 Å². The molecule has 4 rings (SSSR count). The van der Waals surface area contributed by atoms with Gasteiger partial charge in [0.2, 0.25) is 0 Å². The van der Waals surface area contributed by atoms with E-state index >= 15 is 0 Å². The van der Waals surface area contributed by atoms with Crippen LogP contribution in [0.2, 0.25) is 0 Å². The van der Waals surface area contributed by atoms with E-state index in [2.05, 4.69) is 4.98 Å². The van der Waals surface area contributed by atoms with Gasteiger partial charge < -0.3 is 5.11 Å². The number of nitrogens with zero attached hydrogens (tertiary/aromatic N) is 2. The quantitative estimate of drug-likeness (QED) is 0.504. The number of halogens is 3. The van der Waals surface area contributed by atoms with Gasteiger partial charge in [0.25, 0.3) is 5.56 Å². The van der Waals surface area contributed by atoms with Gasteiger partial charge in [-0.25, -0.2) is 4.98 Å². The fourth-order valence-corrected chi connectivity index (χ4v) is 4.13. The Balaban J connectivity index is 1.93. The number of benzene rings is 2. The number of phenols is 1. The Labute approximate surface area is 167 Å². The fraction of sp³-hybridized carbons (Fsp3) is 0.143. The highest BCUT2D eigenvalue weighted by atomic mass is 32.1. The van der Waals surface area contributed by atoms with Crippen molar-refractivity contribution in [2.75, 3.05) is 0 Å². The number of thiophene rings is 1. The zero-order chi connectivity index (χ0) is 20.6. The lowest BCUT2D eigenvalue weighted by Gasteiger charge is -2.14. The smallest absolute Gasteiger partial charge is 0.418 e. The predicted molar refractivity (Wildman–Crippen MR) is 106 cm³/mol. The van der Waals surface area contributed by atoms with Crippen LogP contribution in [0, 0.1) is 0 Å². The van der Waals surface area contributed by atoms with Crippen molar-refractivity contribution in [1.82, 2.24) is 9.55 Å². The minimum Gasteiger partial charge on any atom is -0.507 e. The molecule has 4 aromatic rings. The van der Waals surface area contributed by atoms with E-state index in [9.17, 15) is 23.1 Å². The number of phenolic OH excluding ortho intramolecular Hbond substituents is 1. The zero-order valence-corrected chi connectivity index (χ0v) is 15.8. The highest BCUT2D eigenvalue weighted by molar-refractivity contribution is 7.16. The summed E-state index contributed by atoms with van der Waals surface area (Å²) in [4.78, 5) is 17.5. The lowest BCUT2D eigenvalue weighted by atomic mass is 10.1. The predicted octanol–water partition coefficient (Wildman–Crippen LogP) is 5.09. The van der Waals surface area contributed by atoms with Crippen molar-refractivity contribution >= 4 is 21.6 Å². The molecule has 0 aliphatic rings. The van der Waals surface area contributed by atoms with Gasteiger partial charge in [-0.2, -0.15) is 13.2 Å². The first-order valence-electron chi connectivity index (χ1n) is 8.78. The van der Waals surface area contributed by atoms with E-state index in [1.165, 1.54) is 10.6 Å². The second-order valence-electron chi connectivity index (χ2n) is 6.47. The lowest BCUT2D eigenvalue weighted by molar-refractivity contribution is -0.136. The van der Waals surface area contributed by atoms with Crippen molar-refractivity contribution < 1.29 is 18.3 Å². The maximum atomic E-state index is 13.4. The number of hydrogen-bond donors (Lipinski definition) is 1. The van der Waals surface area contributed by atoms with Crippen molar-refractivity contribution in [3.8, 4) is 17.1 Å². The molecule has 4 nitrogen and oxygen atoms in total. The first-order valence-corrected chi connectivity index (χ1v) is 9.66. The maximum Gasteiger partial charge on any atom is 0.418 e. The fourth-order valence-electron chi connectivity index (χ4n) is 3.19. The molecule has 0 fully saturated rings. The van der Waals surface area contributed by atoms with E-state index < -0.39 is 22.7 Å². The average molecular weight is 416 g/mol. The van der Waals surface area contributed by atoms with Crippen LogP contribution in [0.4, 0.5) is 13.2 Å². The zero-order valence-electron chi connectivity index (χ0n) is 15.0. The molecule has 2 aromatic heterocycles. The molecule has 0 amide bonds. The third-order valence-electron chi connectivity index (χ3n) is 4.61. The minimum atomic E-state index is -4.65. The van der Waals surface area contributed by atoms with Crippen molar-refractivity contribution in [2.24, 2.45) is 0 Å². The molecule has 0 spiro atoms. The van der Waals surface area contributed by atoms with Crippen molar-refractivity contribution in [1.29, 1.82) is 0 Å². The molecule has 29 heavy (non-hydrogen) atoms. The summed E-state index contributed by atoms with van der Waals surface area (Å²) in [5, 5.41) is 10.7. The molecule has 0 unspecified atom stereocenters. The summed E-state index contributed by atoms with van der Waals surface area (Å²) >= 11 is 0.767. The van der Waals surface area contributed by atoms with Crippen LogP contribution < -0.4 is 5.56 Å². The number of para-hydroxylation sites is 1. The molecule has 0 atom stereocenters. The summed E-state index contributed by atoms with van der Waals surface area (Å²) in [7, 11) is 0. The van der Waals surface area contributed by atoms with Crippen LogP contribution >= 0.6 is 11.3 Å². The number of hydrogen-bond acceptors (Lipinski definition) is 4. The highest BCUT2D eigenvalue weighted by Gasteiger charge is 2.36. The van der Waals surface area contributed by atoms with Crippen LogP contribution in [0.25, 0.3) is 21.6 Å². The first kappa shape index (κ1) is 19.2. The lowest BCUT2D eigenvalue weighted by Crippen LogP contribution is -2.25. The molecule has 8 heteroatoms. The van der Waals surface area contributed by atoms with Crippen LogP contribution in [0.5, 0.6) is 5.75 Å². The average Bonchev–Trinajstić information content (AvgIpc) is 3.13. The van der Waals surface area contributed by atoms with E-state index in [-0.39, 0.29) is 22.9 Å². The SMILES string of the molecule is O=c1c2c(C(F)(F)F)csc2nc(-c2ccccc2O)n1CCc1ccccc1. The second-order valence-corrected chi connectivity index (χ2v) is 7.33. The molecular formula is C21H15F3N2O2S. The minimum absolute atomic E-state index is 0.00320. The van der Waals surface area contributed by atoms with Crippen molar-refractivity contribution in [3.63, 3.8) is 0 Å². The van der Waals surface area contributed by atoms with Gasteiger partial charge in [-0.3, -0.25) is 9.36 Å². The Kier molecular flexibility index (Phi) is 4.87. The normalized spacial score (nSPS) is 11.8. The molecule has 2 aromatic carbocycles. The summed E-state index contributed by atoms with van der Waals surface area (Å²) < 4.78 is 41.4. The molecule has 0 saturated carbocycles. The Morgan fingerprint density at radius 2 is 1.72 bits per heavy atom. The van der Waals surface area contributed by atoms with Gasteiger partial charge in [0.15, 0.2) is 0 Å². The van der Waals surface area contributed by atoms with E-state index in [0.717, 1.165) is 22.3 Å². The molecule has 148 valence electrons. The summed E-state index contributed by atoms with van der Waals surface area (Å²) in [5.74, 6) is 0.0481. The molecular weight excluding hydrogens is 401 g/mol. The van der Waals surface area contributed by atoms with Gasteiger partial charge in [0.1, 0.15) is 16.4 Å². The van der Waals surface area contributed by atoms with Gasteiger partial charge in [0.05, 0.1) is 16.5 Å². The van der Waals surface area contributed by atoms with Gasteiger partial charge in [-0.1, -0.05) is 42.5 Å². The molecule has 0 aliphatic heterocycles. The Morgan fingerprint density at radius 3 is 2.41 bits per heavy atom.